The van der Waals surface area contributed by atoms with Crippen molar-refractivity contribution in [3.05, 3.63) is 35.1 Å². The molecule has 0 aromatic heterocycles. The van der Waals surface area contributed by atoms with Crippen LogP contribution in [0.2, 0.25) is 0 Å². The molecule has 1 aliphatic heterocycles. The third kappa shape index (κ3) is 3.54. The molecular formula is C12H10F5NO3S. The maximum absolute atomic E-state index is 13.6. The highest BCUT2D eigenvalue weighted by Gasteiger charge is 2.39. The Balaban J connectivity index is 2.23. The van der Waals surface area contributed by atoms with Crippen LogP contribution in [0.5, 0.6) is 0 Å². The van der Waals surface area contributed by atoms with Crippen molar-refractivity contribution in [3.63, 3.8) is 0 Å². The van der Waals surface area contributed by atoms with Crippen molar-refractivity contribution in [1.29, 1.82) is 0 Å². The molecular weight excluding hydrogens is 333 g/mol. The Bertz CT molecular complexity index is 701. The quantitative estimate of drug-likeness (QED) is 0.625. The highest BCUT2D eigenvalue weighted by molar-refractivity contribution is 7.87. The fourth-order valence-corrected chi connectivity index (χ4v) is 2.85. The van der Waals surface area contributed by atoms with Crippen LogP contribution in [0.3, 0.4) is 0 Å². The van der Waals surface area contributed by atoms with Gasteiger partial charge in [-0.1, -0.05) is 0 Å². The summed E-state index contributed by atoms with van der Waals surface area (Å²) in [5, 5.41) is -1.58. The van der Waals surface area contributed by atoms with Crippen molar-refractivity contribution < 1.29 is 34.7 Å². The molecule has 1 heterocycles. The Labute approximate surface area is 122 Å². The van der Waals surface area contributed by atoms with Crippen molar-refractivity contribution in [2.45, 2.75) is 24.4 Å². The number of halogens is 5. The Hall–Kier alpha value is -1.71. The molecule has 0 spiro atoms. The highest BCUT2D eigenvalue weighted by Crippen LogP contribution is 2.31. The third-order valence-electron chi connectivity index (χ3n) is 3.31. The minimum Gasteiger partial charge on any atom is -0.337 e. The second-order valence-corrected chi connectivity index (χ2v) is 6.50. The lowest BCUT2D eigenvalue weighted by molar-refractivity contribution is -0.137. The molecule has 0 bridgehead atoms. The first-order valence-corrected chi connectivity index (χ1v) is 7.50. The lowest BCUT2D eigenvalue weighted by atomic mass is 10.1. The van der Waals surface area contributed by atoms with Gasteiger partial charge in [0.1, 0.15) is 11.1 Å². The van der Waals surface area contributed by atoms with Gasteiger partial charge in [0.05, 0.1) is 5.56 Å². The normalized spacial score (nSPS) is 19.8. The molecule has 0 saturated carbocycles. The maximum Gasteiger partial charge on any atom is 0.416 e. The van der Waals surface area contributed by atoms with Crippen LogP contribution in [0.15, 0.2) is 18.2 Å². The van der Waals surface area contributed by atoms with Gasteiger partial charge >= 0.3 is 16.4 Å². The summed E-state index contributed by atoms with van der Waals surface area (Å²) in [6, 6.07) is 1.71. The van der Waals surface area contributed by atoms with E-state index in [1.165, 1.54) is 0 Å². The third-order valence-corrected chi connectivity index (χ3v) is 4.42. The van der Waals surface area contributed by atoms with Gasteiger partial charge in [-0.15, -0.1) is 3.89 Å². The molecule has 1 atom stereocenters. The molecule has 122 valence electrons. The molecule has 1 fully saturated rings. The molecule has 1 aliphatic rings. The minimum atomic E-state index is -4.94. The Morgan fingerprint density at radius 2 is 1.91 bits per heavy atom. The van der Waals surface area contributed by atoms with Gasteiger partial charge in [-0.05, 0) is 18.2 Å². The zero-order valence-electron chi connectivity index (χ0n) is 10.9. The average Bonchev–Trinajstić information content (AvgIpc) is 2.72. The second kappa shape index (κ2) is 5.49. The van der Waals surface area contributed by atoms with E-state index in [1.54, 1.807) is 0 Å². The van der Waals surface area contributed by atoms with Crippen molar-refractivity contribution in [2.75, 3.05) is 6.54 Å². The molecule has 1 amide bonds. The summed E-state index contributed by atoms with van der Waals surface area (Å²) in [5.74, 6) is -1.73. The number of hydrogen-bond donors (Lipinski definition) is 0. The van der Waals surface area contributed by atoms with Crippen LogP contribution in [0, 0.1) is 5.82 Å². The van der Waals surface area contributed by atoms with Gasteiger partial charge in [0, 0.05) is 25.1 Å². The lowest BCUT2D eigenvalue weighted by Gasteiger charge is -2.17. The topological polar surface area (TPSA) is 54.5 Å². The van der Waals surface area contributed by atoms with Gasteiger partial charge in [0.25, 0.3) is 0 Å². The predicted octanol–water partition coefficient (Wildman–Crippen LogP) is 2.24. The molecule has 0 aliphatic carbocycles. The average molecular weight is 343 g/mol. The van der Waals surface area contributed by atoms with Gasteiger partial charge < -0.3 is 4.90 Å². The Kier molecular flexibility index (Phi) is 4.16. The summed E-state index contributed by atoms with van der Waals surface area (Å²) in [4.78, 5) is 12.4. The number of alkyl halides is 3. The van der Waals surface area contributed by atoms with Gasteiger partial charge in [0.15, 0.2) is 0 Å². The SMILES string of the molecule is O=C1CC(S(=O)(=O)F)CN1Cc1cc(C(F)(F)F)ccc1F. The molecule has 10 heteroatoms. The first-order chi connectivity index (χ1) is 9.98. The van der Waals surface area contributed by atoms with Gasteiger partial charge in [0.2, 0.25) is 5.91 Å². The van der Waals surface area contributed by atoms with Crippen molar-refractivity contribution in [2.24, 2.45) is 0 Å². The minimum absolute atomic E-state index is 0.417. The number of carbonyl (C=O) groups is 1. The number of amides is 1. The number of likely N-dealkylation sites (tertiary alicyclic amines) is 1. The van der Waals surface area contributed by atoms with E-state index in [0.29, 0.717) is 18.2 Å². The summed E-state index contributed by atoms with van der Waals surface area (Å²) in [7, 11) is -4.94. The van der Waals surface area contributed by atoms with E-state index >= 15 is 0 Å². The number of benzene rings is 1. The zero-order chi connectivity index (χ0) is 16.7. The van der Waals surface area contributed by atoms with Crippen LogP contribution >= 0.6 is 0 Å². The van der Waals surface area contributed by atoms with Crippen molar-refractivity contribution >= 4 is 16.1 Å². The highest BCUT2D eigenvalue weighted by atomic mass is 32.3. The number of hydrogen-bond acceptors (Lipinski definition) is 3. The molecule has 1 unspecified atom stereocenters. The van der Waals surface area contributed by atoms with Crippen molar-refractivity contribution in [3.8, 4) is 0 Å². The first kappa shape index (κ1) is 16.7. The summed E-state index contributed by atoms with van der Waals surface area (Å²) in [5.41, 5.74) is -1.51. The van der Waals surface area contributed by atoms with E-state index in [4.69, 9.17) is 0 Å². The number of nitrogens with zero attached hydrogens (tertiary/aromatic N) is 1. The Morgan fingerprint density at radius 1 is 1.27 bits per heavy atom. The van der Waals surface area contributed by atoms with Crippen molar-refractivity contribution in [1.82, 2.24) is 4.90 Å². The molecule has 2 rings (SSSR count). The largest absolute Gasteiger partial charge is 0.416 e. The van der Waals surface area contributed by atoms with E-state index in [0.717, 1.165) is 4.90 Å². The van der Waals surface area contributed by atoms with E-state index in [9.17, 15) is 34.7 Å². The monoisotopic (exact) mass is 343 g/mol. The second-order valence-electron chi connectivity index (χ2n) is 4.88. The predicted molar refractivity (Wildman–Crippen MR) is 65.3 cm³/mol. The fourth-order valence-electron chi connectivity index (χ4n) is 2.16. The summed E-state index contributed by atoms with van der Waals surface area (Å²) in [6.45, 7) is -1.08. The number of rotatable bonds is 3. The van der Waals surface area contributed by atoms with Gasteiger partial charge in [-0.25, -0.2) is 4.39 Å². The van der Waals surface area contributed by atoms with Crippen LogP contribution in [0.4, 0.5) is 21.4 Å². The zero-order valence-corrected chi connectivity index (χ0v) is 11.7. The molecule has 4 nitrogen and oxygen atoms in total. The molecule has 1 aromatic rings. The van der Waals surface area contributed by atoms with E-state index in [-0.39, 0.29) is 0 Å². The summed E-state index contributed by atoms with van der Waals surface area (Å²) >= 11 is 0. The van der Waals surface area contributed by atoms with E-state index in [1.807, 2.05) is 0 Å². The summed E-state index contributed by atoms with van der Waals surface area (Å²) in [6.07, 6.45) is -5.29. The Morgan fingerprint density at radius 3 is 2.41 bits per heavy atom. The van der Waals surface area contributed by atoms with Gasteiger partial charge in [-0.2, -0.15) is 21.6 Å². The van der Waals surface area contributed by atoms with Crippen LogP contribution in [-0.4, -0.2) is 31.0 Å². The van der Waals surface area contributed by atoms with E-state index < -0.39 is 64.0 Å². The van der Waals surface area contributed by atoms with Crippen LogP contribution in [-0.2, 0) is 27.7 Å². The van der Waals surface area contributed by atoms with Crippen LogP contribution < -0.4 is 0 Å². The van der Waals surface area contributed by atoms with Gasteiger partial charge in [-0.3, -0.25) is 4.79 Å². The standard InChI is InChI=1S/C12H10F5NO3S/c13-10-2-1-8(12(14,15)16)3-7(10)5-18-6-9(4-11(18)19)22(17,20)21/h1-3,9H,4-6H2. The van der Waals surface area contributed by atoms with E-state index in [2.05, 4.69) is 0 Å². The number of carbonyl (C=O) groups excluding carboxylic acids is 1. The first-order valence-electron chi connectivity index (χ1n) is 6.05. The smallest absolute Gasteiger partial charge is 0.337 e. The fraction of sp³-hybridized carbons (Fsp3) is 0.417. The maximum atomic E-state index is 13.6. The summed E-state index contributed by atoms with van der Waals surface area (Å²) < 4.78 is 85.7. The van der Waals surface area contributed by atoms with Crippen LogP contribution in [0.1, 0.15) is 17.5 Å². The lowest BCUT2D eigenvalue weighted by Crippen LogP contribution is -2.27. The molecule has 0 radical (unpaired) electrons. The molecule has 1 saturated heterocycles. The molecule has 1 aromatic carbocycles. The molecule has 0 N–H and O–H groups in total. The van der Waals surface area contributed by atoms with Crippen LogP contribution in [0.25, 0.3) is 0 Å². The molecule has 22 heavy (non-hydrogen) atoms.